The first-order valence-electron chi connectivity index (χ1n) is 6.02. The molecule has 118 valence electrons. The first-order chi connectivity index (χ1) is 10.4. The average Bonchev–Trinajstić information content (AvgIpc) is 2.84. The summed E-state index contributed by atoms with van der Waals surface area (Å²) >= 11 is 1.39. The van der Waals surface area contributed by atoms with E-state index in [2.05, 4.69) is 20.2 Å². The first kappa shape index (κ1) is 16.1. The summed E-state index contributed by atoms with van der Waals surface area (Å²) in [7, 11) is 1.35. The highest BCUT2D eigenvalue weighted by molar-refractivity contribution is 7.13. The standard InChI is InChI=1S/C13H12F3N3O2S/c1-8-7-22-12(18-8)19-17-6-9-3-4-10(5-11(9)20-2)21-13(14,15)16/h3-7H,1-2H3,(H,18,19). The van der Waals surface area contributed by atoms with Crippen molar-refractivity contribution in [3.05, 3.63) is 34.8 Å². The van der Waals surface area contributed by atoms with E-state index in [9.17, 15) is 13.2 Å². The highest BCUT2D eigenvalue weighted by Gasteiger charge is 2.31. The molecule has 0 amide bonds. The quantitative estimate of drug-likeness (QED) is 0.669. The van der Waals surface area contributed by atoms with Gasteiger partial charge in [-0.1, -0.05) is 0 Å². The average molecular weight is 331 g/mol. The number of thiazole rings is 1. The summed E-state index contributed by atoms with van der Waals surface area (Å²) in [6.45, 7) is 1.85. The Bertz CT molecular complexity index is 671. The van der Waals surface area contributed by atoms with Crippen molar-refractivity contribution in [2.75, 3.05) is 12.5 Å². The van der Waals surface area contributed by atoms with Gasteiger partial charge in [-0.25, -0.2) is 4.98 Å². The van der Waals surface area contributed by atoms with Gasteiger partial charge in [0, 0.05) is 17.0 Å². The molecule has 22 heavy (non-hydrogen) atoms. The van der Waals surface area contributed by atoms with E-state index in [0.717, 1.165) is 11.8 Å². The molecule has 0 saturated heterocycles. The number of hydrazone groups is 1. The second-order valence-corrected chi connectivity index (χ2v) is 4.97. The molecular weight excluding hydrogens is 319 g/mol. The molecule has 0 aliphatic heterocycles. The molecule has 9 heteroatoms. The monoisotopic (exact) mass is 331 g/mol. The number of anilines is 1. The van der Waals surface area contributed by atoms with Crippen molar-refractivity contribution < 1.29 is 22.6 Å². The molecule has 2 aromatic rings. The molecule has 0 saturated carbocycles. The predicted molar refractivity (Wildman–Crippen MR) is 77.7 cm³/mol. The van der Waals surface area contributed by atoms with Crippen LogP contribution < -0.4 is 14.9 Å². The summed E-state index contributed by atoms with van der Waals surface area (Å²) in [6, 6.07) is 3.74. The van der Waals surface area contributed by atoms with Gasteiger partial charge in [0.25, 0.3) is 0 Å². The van der Waals surface area contributed by atoms with Crippen LogP contribution in [0.1, 0.15) is 11.3 Å². The molecule has 1 heterocycles. The topological polar surface area (TPSA) is 55.7 Å². The summed E-state index contributed by atoms with van der Waals surface area (Å²) in [4.78, 5) is 4.16. The Hall–Kier alpha value is -2.29. The number of hydrogen-bond acceptors (Lipinski definition) is 6. The van der Waals surface area contributed by atoms with Gasteiger partial charge in [-0.05, 0) is 19.1 Å². The van der Waals surface area contributed by atoms with Crippen LogP contribution in [0, 0.1) is 6.92 Å². The van der Waals surface area contributed by atoms with Crippen LogP contribution in [0.5, 0.6) is 11.5 Å². The van der Waals surface area contributed by atoms with Gasteiger partial charge >= 0.3 is 6.36 Å². The van der Waals surface area contributed by atoms with Crippen molar-refractivity contribution in [2.45, 2.75) is 13.3 Å². The highest BCUT2D eigenvalue weighted by Crippen LogP contribution is 2.28. The molecule has 0 spiro atoms. The molecule has 0 atom stereocenters. The van der Waals surface area contributed by atoms with E-state index in [1.54, 1.807) is 0 Å². The number of nitrogens with zero attached hydrogens (tertiary/aromatic N) is 2. The summed E-state index contributed by atoms with van der Waals surface area (Å²) in [5.41, 5.74) is 4.10. The summed E-state index contributed by atoms with van der Waals surface area (Å²) in [5, 5.41) is 6.45. The maximum absolute atomic E-state index is 12.2. The van der Waals surface area contributed by atoms with Gasteiger partial charge in [-0.3, -0.25) is 5.43 Å². The van der Waals surface area contributed by atoms with E-state index in [4.69, 9.17) is 4.74 Å². The molecule has 0 bridgehead atoms. The molecule has 0 aliphatic carbocycles. The molecule has 0 radical (unpaired) electrons. The van der Waals surface area contributed by atoms with Crippen molar-refractivity contribution in [1.29, 1.82) is 0 Å². The van der Waals surface area contributed by atoms with Crippen molar-refractivity contribution in [3.63, 3.8) is 0 Å². The van der Waals surface area contributed by atoms with Crippen molar-refractivity contribution in [1.82, 2.24) is 4.98 Å². The fourth-order valence-corrected chi connectivity index (χ4v) is 2.19. The fraction of sp³-hybridized carbons (Fsp3) is 0.231. The lowest BCUT2D eigenvalue weighted by molar-refractivity contribution is -0.274. The maximum Gasteiger partial charge on any atom is 0.573 e. The van der Waals surface area contributed by atoms with Gasteiger partial charge in [0.05, 0.1) is 19.0 Å². The van der Waals surface area contributed by atoms with Crippen molar-refractivity contribution in [2.24, 2.45) is 5.10 Å². The zero-order valence-corrected chi connectivity index (χ0v) is 12.5. The second-order valence-electron chi connectivity index (χ2n) is 4.12. The minimum Gasteiger partial charge on any atom is -0.496 e. The Morgan fingerprint density at radius 2 is 2.14 bits per heavy atom. The van der Waals surface area contributed by atoms with Gasteiger partial charge in [-0.2, -0.15) is 5.10 Å². The normalized spacial score (nSPS) is 11.7. The molecule has 0 fully saturated rings. The number of hydrogen-bond donors (Lipinski definition) is 1. The van der Waals surface area contributed by atoms with E-state index >= 15 is 0 Å². The number of rotatable bonds is 5. The molecule has 1 aromatic heterocycles. The maximum atomic E-state index is 12.2. The Morgan fingerprint density at radius 3 is 2.73 bits per heavy atom. The van der Waals surface area contributed by atoms with Crippen LogP contribution in [0.25, 0.3) is 0 Å². The number of aryl methyl sites for hydroxylation is 1. The van der Waals surface area contributed by atoms with Crippen LogP contribution in [0.3, 0.4) is 0 Å². The Kier molecular flexibility index (Phi) is 4.86. The van der Waals surface area contributed by atoms with Crippen molar-refractivity contribution in [3.8, 4) is 11.5 Å². The summed E-state index contributed by atoms with van der Waals surface area (Å²) < 4.78 is 45.3. The first-order valence-corrected chi connectivity index (χ1v) is 6.90. The number of halogens is 3. The van der Waals surface area contributed by atoms with Gasteiger partial charge < -0.3 is 9.47 Å². The van der Waals surface area contributed by atoms with Crippen LogP contribution in [0.4, 0.5) is 18.3 Å². The predicted octanol–water partition coefficient (Wildman–Crippen LogP) is 3.80. The summed E-state index contributed by atoms with van der Waals surface area (Å²) in [5.74, 6) is -0.146. The Labute approximate surface area is 128 Å². The SMILES string of the molecule is COc1cc(OC(F)(F)F)ccc1C=NNc1nc(C)cs1. The minimum atomic E-state index is -4.75. The Balaban J connectivity index is 2.10. The van der Waals surface area contributed by atoms with Crippen LogP contribution >= 0.6 is 11.3 Å². The third kappa shape index (κ3) is 4.62. The number of methoxy groups -OCH3 is 1. The van der Waals surface area contributed by atoms with Crippen LogP contribution in [-0.2, 0) is 0 Å². The number of alkyl halides is 3. The summed E-state index contributed by atoms with van der Waals surface area (Å²) in [6.07, 6.45) is -3.32. The molecule has 0 aliphatic rings. The van der Waals surface area contributed by atoms with Crippen LogP contribution in [-0.4, -0.2) is 24.7 Å². The molecule has 1 N–H and O–H groups in total. The lowest BCUT2D eigenvalue weighted by atomic mass is 10.2. The van der Waals surface area contributed by atoms with Gasteiger partial charge in [0.1, 0.15) is 11.5 Å². The van der Waals surface area contributed by atoms with Crippen LogP contribution in [0.15, 0.2) is 28.7 Å². The van der Waals surface area contributed by atoms with Gasteiger partial charge in [0.15, 0.2) is 0 Å². The molecule has 2 rings (SSSR count). The minimum absolute atomic E-state index is 0.211. The number of aromatic nitrogens is 1. The molecule has 5 nitrogen and oxygen atoms in total. The third-order valence-corrected chi connectivity index (χ3v) is 3.29. The van der Waals surface area contributed by atoms with Crippen LogP contribution in [0.2, 0.25) is 0 Å². The second kappa shape index (κ2) is 6.65. The zero-order valence-electron chi connectivity index (χ0n) is 11.6. The van der Waals surface area contributed by atoms with Gasteiger partial charge in [0.2, 0.25) is 5.13 Å². The van der Waals surface area contributed by atoms with E-state index in [1.165, 1.54) is 36.8 Å². The largest absolute Gasteiger partial charge is 0.573 e. The van der Waals surface area contributed by atoms with Crippen molar-refractivity contribution >= 4 is 22.7 Å². The van der Waals surface area contributed by atoms with E-state index in [1.807, 2.05) is 12.3 Å². The Morgan fingerprint density at radius 1 is 1.36 bits per heavy atom. The van der Waals surface area contributed by atoms with E-state index in [-0.39, 0.29) is 11.5 Å². The molecular formula is C13H12F3N3O2S. The fourth-order valence-electron chi connectivity index (χ4n) is 1.56. The smallest absolute Gasteiger partial charge is 0.496 e. The lowest BCUT2D eigenvalue weighted by Crippen LogP contribution is -2.17. The third-order valence-electron chi connectivity index (χ3n) is 2.42. The molecule has 1 aromatic carbocycles. The number of benzene rings is 1. The highest BCUT2D eigenvalue weighted by atomic mass is 32.1. The molecule has 0 unspecified atom stereocenters. The lowest BCUT2D eigenvalue weighted by Gasteiger charge is -2.11. The zero-order chi connectivity index (χ0) is 16.2. The number of nitrogens with one attached hydrogen (secondary N) is 1. The number of ether oxygens (including phenoxy) is 2. The van der Waals surface area contributed by atoms with Gasteiger partial charge in [-0.15, -0.1) is 24.5 Å². The van der Waals surface area contributed by atoms with E-state index in [0.29, 0.717) is 10.7 Å². The van der Waals surface area contributed by atoms with E-state index < -0.39 is 6.36 Å².